The molecule has 3 nitrogen and oxygen atoms in total. The van der Waals surface area contributed by atoms with Crippen molar-refractivity contribution in [2.75, 3.05) is 14.2 Å². The molecule has 0 fully saturated rings. The van der Waals surface area contributed by atoms with E-state index in [-0.39, 0.29) is 0 Å². The molecule has 0 spiro atoms. The van der Waals surface area contributed by atoms with Gasteiger partial charge >= 0.3 is 0 Å². The molecule has 0 saturated heterocycles. The van der Waals surface area contributed by atoms with Crippen LogP contribution in [0.1, 0.15) is 11.1 Å². The highest BCUT2D eigenvalue weighted by Gasteiger charge is 2.20. The standard InChI is InChI=1S/C19H17NO2/c1-21-16-9-10-17(22-2)19-15(16)11-13-8-7-12-5-3-4-6-14(12)18(13)20-19/h3-6,9-11H,7-8H2,1-2H3. The molecular weight excluding hydrogens is 274 g/mol. The number of hydrogen-bond donors (Lipinski definition) is 0. The van der Waals surface area contributed by atoms with Crippen LogP contribution in [0, 0.1) is 0 Å². The van der Waals surface area contributed by atoms with Crippen LogP contribution in [-0.4, -0.2) is 19.2 Å². The van der Waals surface area contributed by atoms with E-state index >= 15 is 0 Å². The first-order valence-corrected chi connectivity index (χ1v) is 7.44. The van der Waals surface area contributed by atoms with Crippen LogP contribution in [0.25, 0.3) is 22.2 Å². The second-order valence-corrected chi connectivity index (χ2v) is 5.52. The quantitative estimate of drug-likeness (QED) is 0.714. The number of benzene rings is 2. The fourth-order valence-electron chi connectivity index (χ4n) is 3.26. The average molecular weight is 291 g/mol. The zero-order valence-corrected chi connectivity index (χ0v) is 12.7. The molecule has 22 heavy (non-hydrogen) atoms. The van der Waals surface area contributed by atoms with Gasteiger partial charge < -0.3 is 9.47 Å². The maximum atomic E-state index is 5.49. The van der Waals surface area contributed by atoms with E-state index < -0.39 is 0 Å². The highest BCUT2D eigenvalue weighted by Crippen LogP contribution is 2.38. The van der Waals surface area contributed by atoms with Gasteiger partial charge in [-0.05, 0) is 42.2 Å². The van der Waals surface area contributed by atoms with E-state index in [1.807, 2.05) is 12.1 Å². The van der Waals surface area contributed by atoms with Crippen molar-refractivity contribution in [1.29, 1.82) is 0 Å². The van der Waals surface area contributed by atoms with E-state index in [1.165, 1.54) is 16.7 Å². The lowest BCUT2D eigenvalue weighted by Gasteiger charge is -2.20. The normalized spacial score (nSPS) is 12.6. The van der Waals surface area contributed by atoms with Gasteiger partial charge in [0.25, 0.3) is 0 Å². The van der Waals surface area contributed by atoms with Gasteiger partial charge in [-0.15, -0.1) is 0 Å². The maximum absolute atomic E-state index is 5.49. The summed E-state index contributed by atoms with van der Waals surface area (Å²) in [5.74, 6) is 1.62. The first-order chi connectivity index (χ1) is 10.8. The third-order valence-corrected chi connectivity index (χ3v) is 4.36. The topological polar surface area (TPSA) is 31.4 Å². The van der Waals surface area contributed by atoms with E-state index in [9.17, 15) is 0 Å². The molecule has 0 bridgehead atoms. The van der Waals surface area contributed by atoms with Crippen LogP contribution in [0.15, 0.2) is 42.5 Å². The number of nitrogens with zero attached hydrogens (tertiary/aromatic N) is 1. The van der Waals surface area contributed by atoms with Gasteiger partial charge in [-0.3, -0.25) is 0 Å². The SMILES string of the molecule is COc1ccc(OC)c2nc3c(cc12)CCc1ccccc1-3. The first-order valence-electron chi connectivity index (χ1n) is 7.44. The number of fused-ring (bicyclic) bond motifs is 4. The van der Waals surface area contributed by atoms with Crippen LogP contribution in [0.3, 0.4) is 0 Å². The Hall–Kier alpha value is -2.55. The molecule has 1 aliphatic carbocycles. The van der Waals surface area contributed by atoms with Gasteiger partial charge in [0.05, 0.1) is 19.9 Å². The summed E-state index contributed by atoms with van der Waals surface area (Å²) in [7, 11) is 3.37. The van der Waals surface area contributed by atoms with Crippen LogP contribution >= 0.6 is 0 Å². The van der Waals surface area contributed by atoms with Gasteiger partial charge in [0.15, 0.2) is 0 Å². The zero-order valence-electron chi connectivity index (χ0n) is 12.7. The summed E-state index contributed by atoms with van der Waals surface area (Å²) < 4.78 is 11.0. The van der Waals surface area contributed by atoms with E-state index in [0.717, 1.165) is 40.9 Å². The lowest BCUT2D eigenvalue weighted by atomic mass is 9.88. The molecule has 4 rings (SSSR count). The Balaban J connectivity index is 2.06. The van der Waals surface area contributed by atoms with E-state index in [4.69, 9.17) is 14.5 Å². The van der Waals surface area contributed by atoms with E-state index in [2.05, 4.69) is 30.3 Å². The molecule has 0 radical (unpaired) electrons. The van der Waals surface area contributed by atoms with Crippen molar-refractivity contribution in [1.82, 2.24) is 4.98 Å². The molecule has 3 heteroatoms. The first kappa shape index (κ1) is 13.1. The lowest BCUT2D eigenvalue weighted by molar-refractivity contribution is 0.409. The Morgan fingerprint density at radius 1 is 0.864 bits per heavy atom. The summed E-state index contributed by atoms with van der Waals surface area (Å²) in [6.07, 6.45) is 2.07. The van der Waals surface area contributed by atoms with Gasteiger partial charge in [0.2, 0.25) is 0 Å². The number of methoxy groups -OCH3 is 2. The zero-order chi connectivity index (χ0) is 15.1. The summed E-state index contributed by atoms with van der Waals surface area (Å²) >= 11 is 0. The molecule has 0 amide bonds. The molecular formula is C19H17NO2. The number of aryl methyl sites for hydroxylation is 2. The Labute approximate surface area is 129 Å². The summed E-state index contributed by atoms with van der Waals surface area (Å²) in [6, 6.07) is 14.6. The van der Waals surface area contributed by atoms with E-state index in [1.54, 1.807) is 14.2 Å². The summed E-state index contributed by atoms with van der Waals surface area (Å²) in [5.41, 5.74) is 5.80. The molecule has 0 atom stereocenters. The maximum Gasteiger partial charge on any atom is 0.145 e. The van der Waals surface area contributed by atoms with Crippen molar-refractivity contribution in [3.63, 3.8) is 0 Å². The van der Waals surface area contributed by atoms with Crippen molar-refractivity contribution in [3.8, 4) is 22.8 Å². The van der Waals surface area contributed by atoms with Crippen LogP contribution in [0.2, 0.25) is 0 Å². The molecule has 3 aromatic rings. The molecule has 0 aliphatic heterocycles. The molecule has 1 aliphatic rings. The lowest BCUT2D eigenvalue weighted by Crippen LogP contribution is -2.06. The van der Waals surface area contributed by atoms with Crippen molar-refractivity contribution < 1.29 is 9.47 Å². The minimum atomic E-state index is 0.779. The minimum Gasteiger partial charge on any atom is -0.496 e. The Bertz CT molecular complexity index is 871. The van der Waals surface area contributed by atoms with Crippen molar-refractivity contribution >= 4 is 10.9 Å². The molecule has 0 unspecified atom stereocenters. The molecule has 2 aromatic carbocycles. The largest absolute Gasteiger partial charge is 0.496 e. The predicted molar refractivity (Wildman–Crippen MR) is 87.7 cm³/mol. The Morgan fingerprint density at radius 2 is 1.59 bits per heavy atom. The average Bonchev–Trinajstić information content (AvgIpc) is 2.59. The summed E-state index contributed by atoms with van der Waals surface area (Å²) in [5, 5.41) is 1.01. The van der Waals surface area contributed by atoms with Crippen molar-refractivity contribution in [2.45, 2.75) is 12.8 Å². The number of ether oxygens (including phenoxy) is 2. The monoisotopic (exact) mass is 291 g/mol. The number of aromatic nitrogens is 1. The number of rotatable bonds is 2. The smallest absolute Gasteiger partial charge is 0.145 e. The summed E-state index contributed by atoms with van der Waals surface area (Å²) in [4.78, 5) is 4.93. The molecule has 0 N–H and O–H groups in total. The Kier molecular flexibility index (Phi) is 3.00. The van der Waals surface area contributed by atoms with Crippen LogP contribution in [-0.2, 0) is 12.8 Å². The van der Waals surface area contributed by atoms with Crippen molar-refractivity contribution in [2.24, 2.45) is 0 Å². The molecule has 110 valence electrons. The third kappa shape index (κ3) is 1.86. The van der Waals surface area contributed by atoms with Crippen LogP contribution in [0.5, 0.6) is 11.5 Å². The highest BCUT2D eigenvalue weighted by molar-refractivity contribution is 5.93. The molecule has 1 aromatic heterocycles. The molecule has 1 heterocycles. The van der Waals surface area contributed by atoms with Crippen LogP contribution < -0.4 is 9.47 Å². The number of pyridine rings is 1. The molecule has 0 saturated carbocycles. The second kappa shape index (κ2) is 5.02. The fourth-order valence-corrected chi connectivity index (χ4v) is 3.26. The van der Waals surface area contributed by atoms with Gasteiger partial charge in [-0.1, -0.05) is 24.3 Å². The number of hydrogen-bond acceptors (Lipinski definition) is 3. The third-order valence-electron chi connectivity index (χ3n) is 4.36. The minimum absolute atomic E-state index is 0.779. The van der Waals surface area contributed by atoms with Gasteiger partial charge in [0.1, 0.15) is 17.0 Å². The fraction of sp³-hybridized carbons (Fsp3) is 0.211. The van der Waals surface area contributed by atoms with Crippen LogP contribution in [0.4, 0.5) is 0 Å². The van der Waals surface area contributed by atoms with Crippen molar-refractivity contribution in [3.05, 3.63) is 53.6 Å². The van der Waals surface area contributed by atoms with E-state index in [0.29, 0.717) is 0 Å². The summed E-state index contributed by atoms with van der Waals surface area (Å²) in [6.45, 7) is 0. The predicted octanol–water partition coefficient (Wildman–Crippen LogP) is 4.02. The second-order valence-electron chi connectivity index (χ2n) is 5.52. The van der Waals surface area contributed by atoms with Gasteiger partial charge in [-0.25, -0.2) is 4.98 Å². The Morgan fingerprint density at radius 3 is 2.41 bits per heavy atom. The van der Waals surface area contributed by atoms with Gasteiger partial charge in [0, 0.05) is 10.9 Å². The van der Waals surface area contributed by atoms with Gasteiger partial charge in [-0.2, -0.15) is 0 Å². The highest BCUT2D eigenvalue weighted by atomic mass is 16.5.